The molecule has 0 saturated heterocycles. The Bertz CT molecular complexity index is 328. The van der Waals surface area contributed by atoms with Gasteiger partial charge in [0, 0.05) is 10.0 Å². The molecular formula is C10H8Cl2O2. The predicted molar refractivity (Wildman–Crippen MR) is 57.5 cm³/mol. The van der Waals surface area contributed by atoms with Crippen LogP contribution in [0.3, 0.4) is 0 Å². The fourth-order valence-electron chi connectivity index (χ4n) is 0.950. The fourth-order valence-corrected chi connectivity index (χ4v) is 1.49. The number of carbonyl (C=O) groups excluding carboxylic acids is 1. The first-order valence-electron chi connectivity index (χ1n) is 3.90. The highest BCUT2D eigenvalue weighted by molar-refractivity contribution is 6.34. The van der Waals surface area contributed by atoms with Crippen LogP contribution >= 0.6 is 23.2 Å². The van der Waals surface area contributed by atoms with E-state index < -0.39 is 0 Å². The Balaban J connectivity index is 2.66. The van der Waals surface area contributed by atoms with Gasteiger partial charge in [-0.2, -0.15) is 0 Å². The maximum atomic E-state index is 9.83. The van der Waals surface area contributed by atoms with Crippen LogP contribution in [0.2, 0.25) is 10.0 Å². The molecule has 74 valence electrons. The van der Waals surface area contributed by atoms with Crippen LogP contribution in [0.4, 0.5) is 0 Å². The minimum Gasteiger partial charge on any atom is -0.464 e. The van der Waals surface area contributed by atoms with Crippen molar-refractivity contribution in [2.45, 2.75) is 0 Å². The summed E-state index contributed by atoms with van der Waals surface area (Å²) in [5.74, 6) is 0. The highest BCUT2D eigenvalue weighted by Gasteiger charge is 1.94. The Labute approximate surface area is 92.1 Å². The highest BCUT2D eigenvalue weighted by atomic mass is 35.5. The Morgan fingerprint density at radius 3 is 2.43 bits per heavy atom. The van der Waals surface area contributed by atoms with Gasteiger partial charge in [0.15, 0.2) is 0 Å². The van der Waals surface area contributed by atoms with E-state index in [1.54, 1.807) is 30.4 Å². The molecule has 0 spiro atoms. The Kier molecular flexibility index (Phi) is 4.50. The summed E-state index contributed by atoms with van der Waals surface area (Å²) < 4.78 is 4.48. The van der Waals surface area contributed by atoms with E-state index in [9.17, 15) is 4.79 Å². The van der Waals surface area contributed by atoms with Gasteiger partial charge in [0.25, 0.3) is 6.47 Å². The van der Waals surface area contributed by atoms with E-state index in [4.69, 9.17) is 23.2 Å². The number of benzene rings is 1. The lowest BCUT2D eigenvalue weighted by Gasteiger charge is -1.96. The largest absolute Gasteiger partial charge is 0.464 e. The second kappa shape index (κ2) is 5.68. The van der Waals surface area contributed by atoms with Gasteiger partial charge in [0.2, 0.25) is 0 Å². The van der Waals surface area contributed by atoms with Crippen molar-refractivity contribution in [1.82, 2.24) is 0 Å². The normalized spacial score (nSPS) is 10.4. The van der Waals surface area contributed by atoms with Crippen LogP contribution in [0, 0.1) is 0 Å². The van der Waals surface area contributed by atoms with Crippen molar-refractivity contribution >= 4 is 35.8 Å². The fraction of sp³-hybridized carbons (Fsp3) is 0.100. The molecule has 0 aliphatic heterocycles. The molecule has 1 aromatic carbocycles. The van der Waals surface area contributed by atoms with Gasteiger partial charge < -0.3 is 4.74 Å². The van der Waals surface area contributed by atoms with Crippen LogP contribution in [0.1, 0.15) is 5.56 Å². The smallest absolute Gasteiger partial charge is 0.293 e. The van der Waals surface area contributed by atoms with Crippen molar-refractivity contribution in [2.75, 3.05) is 6.61 Å². The van der Waals surface area contributed by atoms with E-state index in [-0.39, 0.29) is 6.61 Å². The first-order chi connectivity index (χ1) is 6.72. The number of ether oxygens (including phenoxy) is 1. The second-order valence-electron chi connectivity index (χ2n) is 2.53. The zero-order chi connectivity index (χ0) is 10.4. The van der Waals surface area contributed by atoms with Crippen molar-refractivity contribution in [2.24, 2.45) is 0 Å². The quantitative estimate of drug-likeness (QED) is 0.587. The van der Waals surface area contributed by atoms with E-state index in [2.05, 4.69) is 4.74 Å². The molecule has 0 bridgehead atoms. The van der Waals surface area contributed by atoms with Gasteiger partial charge >= 0.3 is 0 Å². The van der Waals surface area contributed by atoms with Crippen molar-refractivity contribution in [1.29, 1.82) is 0 Å². The second-order valence-corrected chi connectivity index (χ2v) is 3.41. The first-order valence-corrected chi connectivity index (χ1v) is 4.66. The predicted octanol–water partition coefficient (Wildman–Crippen LogP) is 3.18. The summed E-state index contributed by atoms with van der Waals surface area (Å²) in [5, 5.41) is 1.15. The molecule has 0 aromatic heterocycles. The molecule has 0 saturated carbocycles. The molecule has 0 N–H and O–H groups in total. The molecule has 2 nitrogen and oxygen atoms in total. The zero-order valence-corrected chi connectivity index (χ0v) is 8.76. The molecule has 0 unspecified atom stereocenters. The SMILES string of the molecule is O=COCC=Cc1cc(Cl)cc(Cl)c1. The van der Waals surface area contributed by atoms with Gasteiger partial charge in [-0.05, 0) is 29.8 Å². The summed E-state index contributed by atoms with van der Waals surface area (Å²) in [5.41, 5.74) is 0.872. The summed E-state index contributed by atoms with van der Waals surface area (Å²) in [4.78, 5) is 9.83. The highest BCUT2D eigenvalue weighted by Crippen LogP contribution is 2.19. The minimum absolute atomic E-state index is 0.244. The lowest BCUT2D eigenvalue weighted by atomic mass is 10.2. The van der Waals surface area contributed by atoms with Gasteiger partial charge in [-0.25, -0.2) is 0 Å². The molecule has 0 heterocycles. The third kappa shape index (κ3) is 3.81. The molecule has 4 heteroatoms. The lowest BCUT2D eigenvalue weighted by Crippen LogP contribution is -1.85. The number of carbonyl (C=O) groups is 1. The monoisotopic (exact) mass is 230 g/mol. The van der Waals surface area contributed by atoms with Gasteiger partial charge in [0.05, 0.1) is 0 Å². The number of hydrogen-bond acceptors (Lipinski definition) is 2. The van der Waals surface area contributed by atoms with E-state index in [1.165, 1.54) is 0 Å². The van der Waals surface area contributed by atoms with Crippen LogP contribution in [0.15, 0.2) is 24.3 Å². The molecule has 1 rings (SSSR count). The molecule has 0 fully saturated rings. The van der Waals surface area contributed by atoms with Gasteiger partial charge in [-0.1, -0.05) is 29.3 Å². The maximum Gasteiger partial charge on any atom is 0.293 e. The number of rotatable bonds is 4. The van der Waals surface area contributed by atoms with Gasteiger partial charge in [-0.15, -0.1) is 0 Å². The lowest BCUT2D eigenvalue weighted by molar-refractivity contribution is -0.127. The van der Waals surface area contributed by atoms with Crippen LogP contribution in [0.25, 0.3) is 6.08 Å². The summed E-state index contributed by atoms with van der Waals surface area (Å²) in [7, 11) is 0. The Morgan fingerprint density at radius 1 is 1.21 bits per heavy atom. The molecule has 0 amide bonds. The van der Waals surface area contributed by atoms with E-state index in [0.29, 0.717) is 16.5 Å². The standard InChI is InChI=1S/C10H8Cl2O2/c11-9-4-8(5-10(12)6-9)2-1-3-14-7-13/h1-2,4-7H,3H2. The molecule has 1 aromatic rings. The topological polar surface area (TPSA) is 26.3 Å². The van der Waals surface area contributed by atoms with Crippen molar-refractivity contribution < 1.29 is 9.53 Å². The first kappa shape index (κ1) is 11.1. The van der Waals surface area contributed by atoms with Crippen LogP contribution < -0.4 is 0 Å². The summed E-state index contributed by atoms with van der Waals surface area (Å²) >= 11 is 11.6. The van der Waals surface area contributed by atoms with Gasteiger partial charge in [-0.3, -0.25) is 4.79 Å². The molecule has 0 aliphatic carbocycles. The van der Waals surface area contributed by atoms with Crippen molar-refractivity contribution in [3.05, 3.63) is 39.9 Å². The van der Waals surface area contributed by atoms with E-state index in [1.807, 2.05) is 0 Å². The molecule has 14 heavy (non-hydrogen) atoms. The minimum atomic E-state index is 0.244. The molecule has 0 atom stereocenters. The summed E-state index contributed by atoms with van der Waals surface area (Å²) in [6.45, 7) is 0.642. The van der Waals surface area contributed by atoms with Crippen molar-refractivity contribution in [3.8, 4) is 0 Å². The number of halogens is 2. The third-order valence-electron chi connectivity index (χ3n) is 1.46. The van der Waals surface area contributed by atoms with E-state index >= 15 is 0 Å². The number of hydrogen-bond donors (Lipinski definition) is 0. The van der Waals surface area contributed by atoms with Gasteiger partial charge in [0.1, 0.15) is 6.61 Å². The zero-order valence-electron chi connectivity index (χ0n) is 7.24. The maximum absolute atomic E-state index is 9.83. The molecular weight excluding hydrogens is 223 g/mol. The average molecular weight is 231 g/mol. The van der Waals surface area contributed by atoms with Crippen LogP contribution in [-0.2, 0) is 9.53 Å². The van der Waals surface area contributed by atoms with Crippen LogP contribution in [0.5, 0.6) is 0 Å². The summed E-state index contributed by atoms with van der Waals surface area (Å²) in [6, 6.07) is 5.19. The third-order valence-corrected chi connectivity index (χ3v) is 1.89. The average Bonchev–Trinajstić information content (AvgIpc) is 2.11. The Morgan fingerprint density at radius 2 is 1.86 bits per heavy atom. The summed E-state index contributed by atoms with van der Waals surface area (Å²) in [6.07, 6.45) is 3.48. The molecule has 0 radical (unpaired) electrons. The molecule has 0 aliphatic rings. The van der Waals surface area contributed by atoms with Crippen molar-refractivity contribution in [3.63, 3.8) is 0 Å². The van der Waals surface area contributed by atoms with E-state index in [0.717, 1.165) is 5.56 Å². The Hall–Kier alpha value is -0.990. The van der Waals surface area contributed by atoms with Crippen LogP contribution in [-0.4, -0.2) is 13.1 Å².